The van der Waals surface area contributed by atoms with Gasteiger partial charge in [0.05, 0.1) is 16.1 Å². The zero-order valence-electron chi connectivity index (χ0n) is 11.4. The number of allylic oxidation sites excluding steroid dienone is 4. The first kappa shape index (κ1) is 13.0. The van der Waals surface area contributed by atoms with Crippen LogP contribution < -0.4 is 0 Å². The number of hydrogen-bond acceptors (Lipinski definition) is 0. The molecule has 0 fully saturated rings. The van der Waals surface area contributed by atoms with E-state index in [1.807, 2.05) is 0 Å². The lowest BCUT2D eigenvalue weighted by atomic mass is 10.1. The van der Waals surface area contributed by atoms with Crippen LogP contribution in [0, 0.1) is 0 Å². The first-order valence-electron chi connectivity index (χ1n) is 5.99. The second-order valence-electron chi connectivity index (χ2n) is 7.03. The van der Waals surface area contributed by atoms with Gasteiger partial charge in [-0.15, -0.1) is 0 Å². The maximum atomic E-state index is 2.52. The van der Waals surface area contributed by atoms with Crippen molar-refractivity contribution < 1.29 is 0 Å². The van der Waals surface area contributed by atoms with Crippen molar-refractivity contribution in [1.29, 1.82) is 0 Å². The highest BCUT2D eigenvalue weighted by Crippen LogP contribution is 2.48. The third kappa shape index (κ3) is 2.94. The Morgan fingerprint density at radius 2 is 1.47 bits per heavy atom. The first-order valence-corrected chi connectivity index (χ1v) is 13.1. The molecule has 2 atom stereocenters. The van der Waals surface area contributed by atoms with Crippen molar-refractivity contribution in [3.05, 3.63) is 23.8 Å². The van der Waals surface area contributed by atoms with Crippen LogP contribution in [0.5, 0.6) is 0 Å². The number of rotatable bonds is 2. The monoisotopic (exact) mass is 238 g/mol. The summed E-state index contributed by atoms with van der Waals surface area (Å²) < 4.78 is 0. The first-order chi connectivity index (χ1) is 6.64. The van der Waals surface area contributed by atoms with Crippen LogP contribution in [0.25, 0.3) is 0 Å². The van der Waals surface area contributed by atoms with E-state index in [1.165, 1.54) is 0 Å². The normalized spacial score (nSPS) is 27.8. The van der Waals surface area contributed by atoms with Gasteiger partial charge in [-0.1, -0.05) is 63.1 Å². The highest BCUT2D eigenvalue weighted by atomic mass is 28.3. The summed E-state index contributed by atoms with van der Waals surface area (Å²) in [6.45, 7) is 17.4. The third-order valence-electron chi connectivity index (χ3n) is 3.46. The lowest BCUT2D eigenvalue weighted by Crippen LogP contribution is -2.41. The minimum atomic E-state index is -1.08. The highest BCUT2D eigenvalue weighted by Gasteiger charge is 2.40. The van der Waals surface area contributed by atoms with Gasteiger partial charge in [0.15, 0.2) is 0 Å². The summed E-state index contributed by atoms with van der Waals surface area (Å²) in [6.07, 6.45) is 7.11. The molecule has 0 nitrogen and oxygen atoms in total. The fraction of sp³-hybridized carbons (Fsp3) is 0.692. The summed E-state index contributed by atoms with van der Waals surface area (Å²) in [5, 5.41) is 0. The Hall–Kier alpha value is -0.0862. The van der Waals surface area contributed by atoms with Crippen molar-refractivity contribution in [3.8, 4) is 0 Å². The standard InChI is InChI=1S/C13H26Si2/c1-11-9-8-10-12(14(2,3)4)13(11)15(5,6)7/h8-10,12-13H,1-7H3. The van der Waals surface area contributed by atoms with Crippen molar-refractivity contribution in [2.45, 2.75) is 57.3 Å². The van der Waals surface area contributed by atoms with Crippen molar-refractivity contribution in [1.82, 2.24) is 0 Å². The summed E-state index contributed by atoms with van der Waals surface area (Å²) in [4.78, 5) is 0. The van der Waals surface area contributed by atoms with Crippen LogP contribution in [-0.4, -0.2) is 16.1 Å². The highest BCUT2D eigenvalue weighted by molar-refractivity contribution is 6.84. The summed E-state index contributed by atoms with van der Waals surface area (Å²) in [6, 6.07) is 0. The van der Waals surface area contributed by atoms with Gasteiger partial charge in [0, 0.05) is 0 Å². The molecule has 0 bridgehead atoms. The summed E-state index contributed by atoms with van der Waals surface area (Å²) in [5.41, 5.74) is 3.35. The smallest absolute Gasteiger partial charge is 0.0521 e. The Morgan fingerprint density at radius 1 is 0.933 bits per heavy atom. The molecule has 1 aliphatic rings. The van der Waals surface area contributed by atoms with Crippen molar-refractivity contribution >= 4 is 16.1 Å². The van der Waals surface area contributed by atoms with E-state index in [2.05, 4.69) is 64.4 Å². The van der Waals surface area contributed by atoms with E-state index in [4.69, 9.17) is 0 Å². The fourth-order valence-corrected chi connectivity index (χ4v) is 10.4. The Bertz CT molecular complexity index is 287. The van der Waals surface area contributed by atoms with Gasteiger partial charge in [0.2, 0.25) is 0 Å². The molecule has 15 heavy (non-hydrogen) atoms. The van der Waals surface area contributed by atoms with Gasteiger partial charge in [-0.2, -0.15) is 0 Å². The van der Waals surface area contributed by atoms with Crippen molar-refractivity contribution in [2.24, 2.45) is 0 Å². The lowest BCUT2D eigenvalue weighted by molar-refractivity contribution is 0.877. The SMILES string of the molecule is CC1=CC=CC([Si](C)(C)C)C1[Si](C)(C)C. The molecule has 0 aliphatic heterocycles. The molecular weight excluding hydrogens is 212 g/mol. The molecule has 1 rings (SSSR count). The second-order valence-corrected chi connectivity index (χ2v) is 17.8. The van der Waals surface area contributed by atoms with Crippen LogP contribution in [0.1, 0.15) is 6.92 Å². The van der Waals surface area contributed by atoms with E-state index >= 15 is 0 Å². The van der Waals surface area contributed by atoms with Crippen molar-refractivity contribution in [3.63, 3.8) is 0 Å². The van der Waals surface area contributed by atoms with E-state index in [0.29, 0.717) is 0 Å². The van der Waals surface area contributed by atoms with E-state index in [1.54, 1.807) is 5.57 Å². The molecule has 86 valence electrons. The van der Waals surface area contributed by atoms with Gasteiger partial charge in [0.1, 0.15) is 0 Å². The minimum Gasteiger partial charge on any atom is -0.0838 e. The quantitative estimate of drug-likeness (QED) is 0.599. The summed E-state index contributed by atoms with van der Waals surface area (Å²) in [5.74, 6) is 0. The second kappa shape index (κ2) is 4.06. The van der Waals surface area contributed by atoms with Gasteiger partial charge < -0.3 is 0 Å². The molecule has 0 N–H and O–H groups in total. The van der Waals surface area contributed by atoms with E-state index in [-0.39, 0.29) is 0 Å². The number of hydrogen-bond donors (Lipinski definition) is 0. The van der Waals surface area contributed by atoms with Crippen LogP contribution in [0.4, 0.5) is 0 Å². The van der Waals surface area contributed by atoms with Gasteiger partial charge >= 0.3 is 0 Å². The zero-order chi connectivity index (χ0) is 11.9. The van der Waals surface area contributed by atoms with Gasteiger partial charge in [-0.05, 0) is 18.0 Å². The zero-order valence-corrected chi connectivity index (χ0v) is 13.4. The van der Waals surface area contributed by atoms with E-state index in [0.717, 1.165) is 11.1 Å². The molecule has 1 aliphatic carbocycles. The van der Waals surface area contributed by atoms with Crippen molar-refractivity contribution in [2.75, 3.05) is 0 Å². The Labute approximate surface area is 97.5 Å². The summed E-state index contributed by atoms with van der Waals surface area (Å²) >= 11 is 0. The molecule has 0 saturated carbocycles. The molecule has 0 heterocycles. The maximum absolute atomic E-state index is 2.52. The summed E-state index contributed by atoms with van der Waals surface area (Å²) in [7, 11) is -2.14. The molecule has 2 heteroatoms. The molecule has 0 saturated heterocycles. The molecule has 0 aromatic heterocycles. The predicted molar refractivity (Wildman–Crippen MR) is 77.1 cm³/mol. The molecule has 0 amide bonds. The van der Waals surface area contributed by atoms with Crippen LogP contribution >= 0.6 is 0 Å². The molecule has 0 radical (unpaired) electrons. The van der Waals surface area contributed by atoms with Gasteiger partial charge in [-0.3, -0.25) is 0 Å². The molecule has 0 aromatic carbocycles. The molecule has 0 aromatic rings. The molecular formula is C13H26Si2. The Morgan fingerprint density at radius 3 is 1.80 bits per heavy atom. The van der Waals surface area contributed by atoms with Gasteiger partial charge in [0.25, 0.3) is 0 Å². The lowest BCUT2D eigenvalue weighted by Gasteiger charge is -2.42. The van der Waals surface area contributed by atoms with Crippen LogP contribution in [0.15, 0.2) is 23.8 Å². The Balaban J connectivity index is 3.08. The Kier molecular flexibility index (Phi) is 3.51. The largest absolute Gasteiger partial charge is 0.0838 e. The average molecular weight is 239 g/mol. The maximum Gasteiger partial charge on any atom is 0.0521 e. The average Bonchev–Trinajstić information content (AvgIpc) is 1.99. The molecule has 2 unspecified atom stereocenters. The van der Waals surface area contributed by atoms with Crippen LogP contribution in [-0.2, 0) is 0 Å². The van der Waals surface area contributed by atoms with E-state index < -0.39 is 16.1 Å². The van der Waals surface area contributed by atoms with Crippen LogP contribution in [0.3, 0.4) is 0 Å². The molecule has 0 spiro atoms. The fourth-order valence-electron chi connectivity index (χ4n) is 2.84. The third-order valence-corrected chi connectivity index (χ3v) is 9.00. The van der Waals surface area contributed by atoms with Crippen LogP contribution in [0.2, 0.25) is 50.4 Å². The topological polar surface area (TPSA) is 0 Å². The van der Waals surface area contributed by atoms with E-state index in [9.17, 15) is 0 Å². The predicted octanol–water partition coefficient (Wildman–Crippen LogP) is 4.92. The van der Waals surface area contributed by atoms with Gasteiger partial charge in [-0.25, -0.2) is 0 Å². The minimum absolute atomic E-state index is 0.856.